The van der Waals surface area contributed by atoms with Gasteiger partial charge in [-0.1, -0.05) is 61.3 Å². The van der Waals surface area contributed by atoms with Crippen LogP contribution in [0.3, 0.4) is 0 Å². The molecule has 0 bridgehead atoms. The van der Waals surface area contributed by atoms with Gasteiger partial charge in [0.2, 0.25) is 0 Å². The van der Waals surface area contributed by atoms with Gasteiger partial charge < -0.3 is 4.57 Å². The van der Waals surface area contributed by atoms with Gasteiger partial charge in [-0.05, 0) is 22.9 Å². The fourth-order valence-corrected chi connectivity index (χ4v) is 6.81. The molecular formula is C34H4B17N5. The van der Waals surface area contributed by atoms with E-state index in [9.17, 15) is 5.26 Å². The summed E-state index contributed by atoms with van der Waals surface area (Å²) in [7, 11) is 109. The fourth-order valence-electron chi connectivity index (χ4n) is 6.81. The molecule has 0 aliphatic rings. The molecule has 7 aromatic rings. The van der Waals surface area contributed by atoms with E-state index in [1.54, 1.807) is 28.8 Å². The van der Waals surface area contributed by atoms with Crippen molar-refractivity contribution >= 4 is 248 Å². The van der Waals surface area contributed by atoms with Crippen LogP contribution in [0, 0.1) is 11.3 Å². The monoisotopic (exact) mass is 669 g/mol. The van der Waals surface area contributed by atoms with Crippen LogP contribution in [0.5, 0.6) is 0 Å². The van der Waals surface area contributed by atoms with E-state index in [2.05, 4.69) is 4.98 Å². The quantitative estimate of drug-likeness (QED) is 0.175. The van der Waals surface area contributed by atoms with Crippen molar-refractivity contribution in [1.82, 2.24) is 19.5 Å². The van der Waals surface area contributed by atoms with Crippen LogP contribution in [0.1, 0.15) is 5.56 Å². The van der Waals surface area contributed by atoms with Gasteiger partial charge in [0.1, 0.15) is 133 Å². The molecule has 0 fully saturated rings. The van der Waals surface area contributed by atoms with Crippen molar-refractivity contribution in [2.45, 2.75) is 0 Å². The maximum Gasteiger partial charge on any atom is 0.166 e. The van der Waals surface area contributed by atoms with Gasteiger partial charge in [-0.2, -0.15) is 5.26 Å². The molecule has 7 rings (SSSR count). The zero-order valence-electron chi connectivity index (χ0n) is 29.4. The van der Waals surface area contributed by atoms with Gasteiger partial charge in [0.25, 0.3) is 0 Å². The highest BCUT2D eigenvalue weighted by atomic mass is 15.1. The lowest BCUT2D eigenvalue weighted by molar-refractivity contribution is 1.07. The normalized spacial score (nSPS) is 11.3. The van der Waals surface area contributed by atoms with Crippen LogP contribution in [0.2, 0.25) is 0 Å². The summed E-state index contributed by atoms with van der Waals surface area (Å²) in [6.07, 6.45) is 0. The molecule has 0 saturated heterocycles. The molecule has 0 saturated carbocycles. The predicted molar refractivity (Wildman–Crippen MR) is 247 cm³/mol. The maximum absolute atomic E-state index is 10.1. The van der Waals surface area contributed by atoms with Crippen molar-refractivity contribution in [2.75, 3.05) is 0 Å². The molecule has 5 nitrogen and oxygen atoms in total. The second-order valence-corrected chi connectivity index (χ2v) is 12.9. The molecule has 0 unspecified atom stereocenters. The Morgan fingerprint density at radius 3 is 1.21 bits per heavy atom. The summed E-state index contributed by atoms with van der Waals surface area (Å²) < 4.78 is 1.60. The fraction of sp³-hybridized carbons (Fsp3) is 0. The van der Waals surface area contributed by atoms with E-state index in [0.29, 0.717) is 5.69 Å². The van der Waals surface area contributed by atoms with Gasteiger partial charge in [-0.15, -0.1) is 43.7 Å². The molecule has 2 aromatic heterocycles. The summed E-state index contributed by atoms with van der Waals surface area (Å²) in [5.41, 5.74) is -0.0217. The van der Waals surface area contributed by atoms with Crippen LogP contribution >= 0.6 is 0 Å². The summed E-state index contributed by atoms with van der Waals surface area (Å²) in [6, 6.07) is 8.77. The third kappa shape index (κ3) is 5.58. The van der Waals surface area contributed by atoms with Crippen molar-refractivity contribution in [1.29, 1.82) is 5.26 Å². The largest absolute Gasteiger partial charge is 0.310 e. The second-order valence-electron chi connectivity index (χ2n) is 12.9. The summed E-state index contributed by atoms with van der Waals surface area (Å²) >= 11 is 0. The Morgan fingerprint density at radius 1 is 0.393 bits per heavy atom. The molecule has 0 aliphatic heterocycles. The van der Waals surface area contributed by atoms with Gasteiger partial charge in [-0.25, -0.2) is 15.0 Å². The van der Waals surface area contributed by atoms with E-state index in [-0.39, 0.29) is 154 Å². The van der Waals surface area contributed by atoms with E-state index < -0.39 is 0 Å². The van der Waals surface area contributed by atoms with E-state index in [4.69, 9.17) is 143 Å². The summed E-state index contributed by atoms with van der Waals surface area (Å²) in [6.45, 7) is 0. The Labute approximate surface area is 346 Å². The minimum absolute atomic E-state index is 0.00681. The minimum Gasteiger partial charge on any atom is -0.310 e. The number of aromatic nitrogens is 4. The number of nitriles is 1. The molecule has 5 aromatic carbocycles. The minimum atomic E-state index is -0.146. The molecule has 0 atom stereocenters. The van der Waals surface area contributed by atoms with Crippen molar-refractivity contribution in [3.8, 4) is 45.9 Å². The van der Waals surface area contributed by atoms with Crippen LogP contribution in [-0.2, 0) is 0 Å². The molecule has 0 N–H and O–H groups in total. The molecule has 0 spiro atoms. The van der Waals surface area contributed by atoms with Gasteiger partial charge in [0.15, 0.2) is 17.5 Å². The van der Waals surface area contributed by atoms with Gasteiger partial charge >= 0.3 is 0 Å². The summed E-state index contributed by atoms with van der Waals surface area (Å²) in [5.74, 6) is -0.340. The van der Waals surface area contributed by atoms with Crippen molar-refractivity contribution in [3.05, 3.63) is 29.8 Å². The number of hydrogen-bond donors (Lipinski definition) is 0. The topological polar surface area (TPSA) is 67.4 Å². The van der Waals surface area contributed by atoms with Gasteiger partial charge in [0, 0.05) is 33.3 Å². The predicted octanol–water partition coefficient (Wildman–Crippen LogP) is -12.7. The lowest BCUT2D eigenvalue weighted by atomic mass is 9.60. The van der Waals surface area contributed by atoms with Crippen LogP contribution in [0.4, 0.5) is 0 Å². The van der Waals surface area contributed by atoms with Crippen molar-refractivity contribution in [3.63, 3.8) is 0 Å². The Morgan fingerprint density at radius 2 is 0.750 bits per heavy atom. The standard InChI is InChI=1S/C34H4B17N5/c35-13-7(5-52)14(36)30-9(15(13)37)10-16(38)21(43)28(50)29(51)31(10)56(30)8-4-2-1-3-6(8)32-53-33(11-17(39)22(44)26(48)23(45)18(11)40)55-34(54-32)12-19(41)24(46)27(49)25(47)20(12)42/h1-4H. The zero-order chi connectivity index (χ0) is 41.0. The number of fused-ring (bicyclic) bond motifs is 3. The third-order valence-corrected chi connectivity index (χ3v) is 9.90. The van der Waals surface area contributed by atoms with Crippen LogP contribution < -0.4 is 92.9 Å². The molecule has 216 valence electrons. The first-order chi connectivity index (χ1) is 26.4. The van der Waals surface area contributed by atoms with E-state index >= 15 is 0 Å². The van der Waals surface area contributed by atoms with Crippen LogP contribution in [-0.4, -0.2) is 153 Å². The lowest BCUT2D eigenvalue weighted by Gasteiger charge is -2.23. The Hall–Kier alpha value is -4.50. The molecule has 56 heavy (non-hydrogen) atoms. The number of para-hydroxylation sites is 1. The zero-order valence-corrected chi connectivity index (χ0v) is 29.4. The van der Waals surface area contributed by atoms with Crippen LogP contribution in [0.25, 0.3) is 61.7 Å². The Balaban J connectivity index is 1.70. The molecule has 22 heteroatoms. The second kappa shape index (κ2) is 14.2. The average molecular weight is 666 g/mol. The van der Waals surface area contributed by atoms with Crippen LogP contribution in [0.15, 0.2) is 24.3 Å². The molecule has 2 heterocycles. The Kier molecular flexibility index (Phi) is 10.0. The first kappa shape index (κ1) is 39.7. The summed E-state index contributed by atoms with van der Waals surface area (Å²) in [4.78, 5) is 14.3. The molecule has 0 aliphatic carbocycles. The smallest absolute Gasteiger partial charge is 0.166 e. The number of nitrogens with zero attached hydrogens (tertiary/aromatic N) is 5. The highest BCUT2D eigenvalue weighted by Gasteiger charge is 2.27. The number of rotatable bonds is 4. The lowest BCUT2D eigenvalue weighted by Crippen LogP contribution is -2.55. The first-order valence-corrected chi connectivity index (χ1v) is 16.2. The van der Waals surface area contributed by atoms with E-state index in [1.807, 2.05) is 6.07 Å². The number of hydrogen-bond acceptors (Lipinski definition) is 4. The highest BCUT2D eigenvalue weighted by Crippen LogP contribution is 2.33. The summed E-state index contributed by atoms with van der Waals surface area (Å²) in [5, 5.41) is 10.7. The van der Waals surface area contributed by atoms with E-state index in [0.717, 1.165) is 0 Å². The molecular weight excluding hydrogens is 662 g/mol. The van der Waals surface area contributed by atoms with E-state index in [1.165, 1.54) is 0 Å². The third-order valence-electron chi connectivity index (χ3n) is 9.90. The average Bonchev–Trinajstić information content (AvgIpc) is 3.55. The van der Waals surface area contributed by atoms with Crippen molar-refractivity contribution in [2.24, 2.45) is 0 Å². The highest BCUT2D eigenvalue weighted by molar-refractivity contribution is 6.71. The Bertz CT molecular complexity index is 2830. The van der Waals surface area contributed by atoms with Gasteiger partial charge in [-0.3, -0.25) is 0 Å². The molecule has 34 radical (unpaired) electrons. The van der Waals surface area contributed by atoms with Crippen molar-refractivity contribution < 1.29 is 0 Å². The first-order valence-electron chi connectivity index (χ1n) is 16.2. The molecule has 0 amide bonds. The van der Waals surface area contributed by atoms with Gasteiger partial charge in [0.05, 0.1) is 11.8 Å². The maximum atomic E-state index is 10.1. The number of benzene rings is 5. The SMILES string of the molecule is [B]c1c([B])c([B])c(-c2nc(-c3ccccc3-n3c4c([B])c([B])c([B])c([B])c4c4c([B])c([B])c(C#N)c([B])c43)nc(-c3c([B])c([B])c([B])c([B])c3[B])n2)c([B])c1[B].